The summed E-state index contributed by atoms with van der Waals surface area (Å²) in [4.78, 5) is 44.4. The third kappa shape index (κ3) is 4.09. The molecule has 30 heavy (non-hydrogen) atoms. The quantitative estimate of drug-likeness (QED) is 0.529. The summed E-state index contributed by atoms with van der Waals surface area (Å²) >= 11 is 0. The zero-order valence-electron chi connectivity index (χ0n) is 15.7. The first-order chi connectivity index (χ1) is 14.5. The maximum Gasteiger partial charge on any atom is 0.260 e. The topological polar surface area (TPSA) is 133 Å². The van der Waals surface area contributed by atoms with E-state index in [4.69, 9.17) is 0 Å². The van der Waals surface area contributed by atoms with E-state index in [2.05, 4.69) is 25.9 Å². The van der Waals surface area contributed by atoms with E-state index < -0.39 is 11.8 Å². The zero-order valence-corrected chi connectivity index (χ0v) is 15.7. The maximum absolute atomic E-state index is 12.7. The first kappa shape index (κ1) is 19.1. The van der Waals surface area contributed by atoms with Crippen molar-refractivity contribution < 1.29 is 19.5 Å². The van der Waals surface area contributed by atoms with Crippen LogP contribution in [0.2, 0.25) is 0 Å². The Morgan fingerprint density at radius 3 is 2.67 bits per heavy atom. The van der Waals surface area contributed by atoms with Crippen molar-refractivity contribution in [2.24, 2.45) is 0 Å². The number of nitrogens with zero attached hydrogens (tertiary/aromatic N) is 2. The third-order valence-electron chi connectivity index (χ3n) is 4.57. The molecule has 0 radical (unpaired) electrons. The standard InChI is InChI=1S/C21H17N5O4/c27-17-5-1-13(10-15(17)21(30)26-18-11-22-7-8-23-18)20(29)24-14-3-4-16-12(9-14)2-6-19(28)25-16/h1,3-5,7-11,27H,2,6H2,(H,24,29)(H,25,28)(H,23,26,30). The van der Waals surface area contributed by atoms with Crippen molar-refractivity contribution in [2.75, 3.05) is 16.0 Å². The fraction of sp³-hybridized carbons (Fsp3) is 0.0952. The van der Waals surface area contributed by atoms with E-state index in [1.807, 2.05) is 0 Å². The fourth-order valence-corrected chi connectivity index (χ4v) is 3.07. The number of carbonyl (C=O) groups is 3. The molecule has 0 unspecified atom stereocenters. The first-order valence-corrected chi connectivity index (χ1v) is 9.14. The molecule has 0 aliphatic carbocycles. The molecule has 4 N–H and O–H groups in total. The lowest BCUT2D eigenvalue weighted by Crippen LogP contribution is -2.19. The highest BCUT2D eigenvalue weighted by Crippen LogP contribution is 2.26. The molecular weight excluding hydrogens is 386 g/mol. The van der Waals surface area contributed by atoms with Gasteiger partial charge in [-0.1, -0.05) is 0 Å². The van der Waals surface area contributed by atoms with Crippen LogP contribution in [0.25, 0.3) is 0 Å². The van der Waals surface area contributed by atoms with Crippen LogP contribution in [0, 0.1) is 0 Å². The molecular formula is C21H17N5O4. The molecule has 2 aromatic carbocycles. The normalized spacial score (nSPS) is 12.5. The third-order valence-corrected chi connectivity index (χ3v) is 4.57. The molecule has 9 heteroatoms. The maximum atomic E-state index is 12.7. The molecule has 2 heterocycles. The van der Waals surface area contributed by atoms with Crippen molar-refractivity contribution in [3.8, 4) is 5.75 Å². The van der Waals surface area contributed by atoms with E-state index in [1.54, 1.807) is 18.2 Å². The molecule has 150 valence electrons. The number of hydrogen-bond acceptors (Lipinski definition) is 6. The van der Waals surface area contributed by atoms with E-state index in [1.165, 1.54) is 36.8 Å². The zero-order chi connectivity index (χ0) is 21.1. The summed E-state index contributed by atoms with van der Waals surface area (Å²) in [6.45, 7) is 0. The summed E-state index contributed by atoms with van der Waals surface area (Å²) in [6, 6.07) is 9.22. The van der Waals surface area contributed by atoms with Gasteiger partial charge in [-0.15, -0.1) is 0 Å². The largest absolute Gasteiger partial charge is 0.507 e. The number of nitrogens with one attached hydrogen (secondary N) is 3. The van der Waals surface area contributed by atoms with Gasteiger partial charge in [-0.05, 0) is 48.4 Å². The molecule has 4 rings (SSSR count). The summed E-state index contributed by atoms with van der Waals surface area (Å²) in [5.41, 5.74) is 2.36. The average Bonchev–Trinajstić information content (AvgIpc) is 2.74. The number of benzene rings is 2. The van der Waals surface area contributed by atoms with Crippen molar-refractivity contribution in [3.63, 3.8) is 0 Å². The Morgan fingerprint density at radius 1 is 1.00 bits per heavy atom. The van der Waals surface area contributed by atoms with E-state index in [0.717, 1.165) is 11.3 Å². The highest BCUT2D eigenvalue weighted by Gasteiger charge is 2.18. The average molecular weight is 403 g/mol. The van der Waals surface area contributed by atoms with E-state index in [9.17, 15) is 19.5 Å². The number of rotatable bonds is 4. The van der Waals surface area contributed by atoms with E-state index >= 15 is 0 Å². The Hall–Kier alpha value is -4.27. The lowest BCUT2D eigenvalue weighted by molar-refractivity contribution is -0.116. The minimum absolute atomic E-state index is 0.0318. The lowest BCUT2D eigenvalue weighted by Gasteiger charge is -2.17. The number of amides is 3. The summed E-state index contributed by atoms with van der Waals surface area (Å²) in [5.74, 6) is -1.14. The van der Waals surface area contributed by atoms with Gasteiger partial charge in [0.25, 0.3) is 11.8 Å². The molecule has 3 amide bonds. The molecule has 0 atom stereocenters. The molecule has 3 aromatic rings. The number of aromatic hydroxyl groups is 1. The van der Waals surface area contributed by atoms with Crippen LogP contribution in [-0.2, 0) is 11.2 Å². The van der Waals surface area contributed by atoms with Crippen LogP contribution in [0.15, 0.2) is 55.0 Å². The van der Waals surface area contributed by atoms with Crippen LogP contribution >= 0.6 is 0 Å². The smallest absolute Gasteiger partial charge is 0.260 e. The second-order valence-electron chi connectivity index (χ2n) is 6.65. The molecule has 0 spiro atoms. The van der Waals surface area contributed by atoms with Crippen molar-refractivity contribution in [3.05, 3.63) is 71.7 Å². The SMILES string of the molecule is O=C1CCc2cc(NC(=O)c3ccc(O)c(C(=O)Nc4cnccn4)c3)ccc2N1. The molecule has 9 nitrogen and oxygen atoms in total. The van der Waals surface area contributed by atoms with Crippen molar-refractivity contribution in [1.29, 1.82) is 0 Å². The van der Waals surface area contributed by atoms with Crippen molar-refractivity contribution in [2.45, 2.75) is 12.8 Å². The number of phenolic OH excluding ortho intramolecular Hbond substituents is 1. The Balaban J connectivity index is 1.51. The van der Waals surface area contributed by atoms with Crippen LogP contribution in [-0.4, -0.2) is 32.8 Å². The molecule has 0 fully saturated rings. The second kappa shape index (κ2) is 8.00. The van der Waals surface area contributed by atoms with Gasteiger partial charge in [-0.3, -0.25) is 19.4 Å². The van der Waals surface area contributed by atoms with Gasteiger partial charge in [0.05, 0.1) is 11.8 Å². The Labute approximate surface area is 171 Å². The minimum Gasteiger partial charge on any atom is -0.507 e. The molecule has 1 aliphatic rings. The van der Waals surface area contributed by atoms with Gasteiger partial charge in [0, 0.05) is 35.8 Å². The highest BCUT2D eigenvalue weighted by atomic mass is 16.3. The Kier molecular flexibility index (Phi) is 5.08. The first-order valence-electron chi connectivity index (χ1n) is 9.14. The minimum atomic E-state index is -0.618. The van der Waals surface area contributed by atoms with Crippen LogP contribution in [0.1, 0.15) is 32.7 Å². The van der Waals surface area contributed by atoms with Gasteiger partial charge in [-0.2, -0.15) is 0 Å². The number of aromatic nitrogens is 2. The summed E-state index contributed by atoms with van der Waals surface area (Å²) in [6.07, 6.45) is 5.24. The van der Waals surface area contributed by atoms with Crippen LogP contribution in [0.3, 0.4) is 0 Å². The predicted molar refractivity (Wildman–Crippen MR) is 109 cm³/mol. The van der Waals surface area contributed by atoms with Gasteiger partial charge >= 0.3 is 0 Å². The molecule has 0 saturated carbocycles. The number of phenols is 1. The van der Waals surface area contributed by atoms with E-state index in [-0.39, 0.29) is 28.6 Å². The van der Waals surface area contributed by atoms with Gasteiger partial charge < -0.3 is 21.1 Å². The van der Waals surface area contributed by atoms with Crippen LogP contribution in [0.4, 0.5) is 17.2 Å². The fourth-order valence-electron chi connectivity index (χ4n) is 3.07. The summed E-state index contributed by atoms with van der Waals surface area (Å²) in [7, 11) is 0. The summed E-state index contributed by atoms with van der Waals surface area (Å²) in [5, 5.41) is 18.1. The van der Waals surface area contributed by atoms with E-state index in [0.29, 0.717) is 18.5 Å². The number of carbonyl (C=O) groups excluding carboxylic acids is 3. The van der Waals surface area contributed by atoms with Crippen molar-refractivity contribution >= 4 is 34.9 Å². The summed E-state index contributed by atoms with van der Waals surface area (Å²) < 4.78 is 0. The Morgan fingerprint density at radius 2 is 1.87 bits per heavy atom. The van der Waals surface area contributed by atoms with Gasteiger partial charge in [0.1, 0.15) is 5.75 Å². The van der Waals surface area contributed by atoms with Gasteiger partial charge in [0.2, 0.25) is 5.91 Å². The second-order valence-corrected chi connectivity index (χ2v) is 6.65. The van der Waals surface area contributed by atoms with Crippen LogP contribution in [0.5, 0.6) is 5.75 Å². The van der Waals surface area contributed by atoms with Gasteiger partial charge in [0.15, 0.2) is 5.82 Å². The Bertz CT molecular complexity index is 1150. The lowest BCUT2D eigenvalue weighted by atomic mass is 10.0. The molecule has 0 saturated heterocycles. The molecule has 1 aliphatic heterocycles. The van der Waals surface area contributed by atoms with Crippen LogP contribution < -0.4 is 16.0 Å². The molecule has 0 bridgehead atoms. The van der Waals surface area contributed by atoms with Crippen molar-refractivity contribution in [1.82, 2.24) is 9.97 Å². The number of hydrogen-bond donors (Lipinski definition) is 4. The monoisotopic (exact) mass is 403 g/mol. The number of aryl methyl sites for hydroxylation is 1. The number of fused-ring (bicyclic) bond motifs is 1. The van der Waals surface area contributed by atoms with Gasteiger partial charge in [-0.25, -0.2) is 4.98 Å². The predicted octanol–water partition coefficient (Wildman–Crippen LogP) is 2.57. The highest BCUT2D eigenvalue weighted by molar-refractivity contribution is 6.10. The molecule has 1 aromatic heterocycles. The number of anilines is 3.